The van der Waals surface area contributed by atoms with E-state index in [1.54, 1.807) is 43.3 Å². The molecule has 25 heavy (non-hydrogen) atoms. The van der Waals surface area contributed by atoms with Crippen LogP contribution < -0.4 is 5.32 Å². The monoisotopic (exact) mass is 387 g/mol. The van der Waals surface area contributed by atoms with Crippen LogP contribution in [0.1, 0.15) is 24.1 Å². The number of hydrogen-bond acceptors (Lipinski definition) is 3. The fourth-order valence-corrected chi connectivity index (χ4v) is 4.16. The Morgan fingerprint density at radius 1 is 1.08 bits per heavy atom. The van der Waals surface area contributed by atoms with Crippen molar-refractivity contribution in [2.24, 2.45) is 0 Å². The van der Waals surface area contributed by atoms with E-state index in [0.29, 0.717) is 0 Å². The Morgan fingerprint density at radius 2 is 1.64 bits per heavy atom. The molecule has 0 aliphatic heterocycles. The molecule has 0 radical (unpaired) electrons. The first kappa shape index (κ1) is 19.8. The minimum atomic E-state index is -3.91. The lowest BCUT2D eigenvalue weighted by Gasteiger charge is -2.26. The van der Waals surface area contributed by atoms with Crippen molar-refractivity contribution in [3.63, 3.8) is 0 Å². The molecule has 2 aromatic rings. The largest absolute Gasteiger partial charge is 0.337 e. The van der Waals surface area contributed by atoms with Gasteiger partial charge in [0.2, 0.25) is 0 Å². The number of aryl methyl sites for hydroxylation is 1. The van der Waals surface area contributed by atoms with E-state index >= 15 is 0 Å². The van der Waals surface area contributed by atoms with Crippen LogP contribution in [-0.4, -0.2) is 25.6 Å². The summed E-state index contributed by atoms with van der Waals surface area (Å²) in [4.78, 5) is -0.00168. The number of hydrogen-bond donors (Lipinski definition) is 1. The second-order valence-corrected chi connectivity index (χ2v) is 8.53. The van der Waals surface area contributed by atoms with E-state index in [-0.39, 0.29) is 4.90 Å². The molecule has 0 saturated carbocycles. The van der Waals surface area contributed by atoms with Crippen molar-refractivity contribution in [1.82, 2.24) is 5.32 Å². The molecule has 7 heteroatoms. The average Bonchev–Trinajstić information content (AvgIpc) is 2.54. The number of nitrogens with one attached hydrogen (secondary N) is 1. The summed E-state index contributed by atoms with van der Waals surface area (Å²) in [5.74, 6) is -0.802. The number of alkyl halides is 3. The normalized spacial score (nSPS) is 14.9. The summed E-state index contributed by atoms with van der Waals surface area (Å²) in [6, 6.07) is 12.8. The van der Waals surface area contributed by atoms with Crippen LogP contribution in [0.15, 0.2) is 59.5 Å². The van der Waals surface area contributed by atoms with Gasteiger partial charge in [-0.05, 0) is 43.1 Å². The molecule has 0 heterocycles. The smallest absolute Gasteiger partial charge is 0.300 e. The minimum Gasteiger partial charge on any atom is -0.300 e. The maximum Gasteiger partial charge on any atom is 0.337 e. The van der Waals surface area contributed by atoms with Gasteiger partial charge in [0, 0.05) is 6.04 Å². The molecule has 2 rings (SSSR count). The van der Waals surface area contributed by atoms with Crippen molar-refractivity contribution in [3.05, 3.63) is 65.7 Å². The van der Waals surface area contributed by atoms with Crippen LogP contribution >= 0.6 is 11.6 Å². The van der Waals surface area contributed by atoms with Gasteiger partial charge in [-0.25, -0.2) is 8.42 Å². The van der Waals surface area contributed by atoms with Crippen molar-refractivity contribution in [1.29, 1.82) is 0 Å². The topological polar surface area (TPSA) is 46.2 Å². The zero-order valence-electron chi connectivity index (χ0n) is 13.9. The maximum absolute atomic E-state index is 13.8. The molecular formula is C18H20ClF2NO2S. The lowest BCUT2D eigenvalue weighted by molar-refractivity contribution is 0.0542. The van der Waals surface area contributed by atoms with Crippen molar-refractivity contribution < 1.29 is 17.2 Å². The van der Waals surface area contributed by atoms with Crippen molar-refractivity contribution in [2.75, 3.05) is 5.75 Å². The summed E-state index contributed by atoms with van der Waals surface area (Å²) in [6.45, 7) is 3.50. The number of sulfone groups is 1. The second kappa shape index (κ2) is 7.81. The molecular weight excluding hydrogens is 368 g/mol. The molecule has 0 aromatic heterocycles. The van der Waals surface area contributed by atoms with Gasteiger partial charge in [-0.15, -0.1) is 0 Å². The molecule has 3 nitrogen and oxygen atoms in total. The third kappa shape index (κ3) is 5.49. The molecule has 0 bridgehead atoms. The third-order valence-electron chi connectivity index (χ3n) is 3.91. The average molecular weight is 388 g/mol. The Kier molecular flexibility index (Phi) is 6.19. The van der Waals surface area contributed by atoms with Crippen LogP contribution in [-0.2, 0) is 9.84 Å². The van der Waals surface area contributed by atoms with Gasteiger partial charge < -0.3 is 5.32 Å². The minimum absolute atomic E-state index is 0.00168. The van der Waals surface area contributed by atoms with E-state index < -0.39 is 33.1 Å². The summed E-state index contributed by atoms with van der Waals surface area (Å²) < 4.78 is 52.6. The van der Waals surface area contributed by atoms with Crippen LogP contribution in [0.4, 0.5) is 8.78 Å². The fourth-order valence-electron chi connectivity index (χ4n) is 2.44. The molecule has 0 amide bonds. The predicted molar refractivity (Wildman–Crippen MR) is 95.8 cm³/mol. The first-order chi connectivity index (χ1) is 11.6. The Balaban J connectivity index is 2.22. The van der Waals surface area contributed by atoms with E-state index in [1.807, 2.05) is 13.0 Å². The highest BCUT2D eigenvalue weighted by Gasteiger charge is 2.41. The first-order valence-corrected chi connectivity index (χ1v) is 9.80. The zero-order chi connectivity index (χ0) is 18.7. The first-order valence-electron chi connectivity index (χ1n) is 7.77. The van der Waals surface area contributed by atoms with E-state index in [9.17, 15) is 17.2 Å². The molecule has 0 fully saturated rings. The molecule has 0 aliphatic rings. The van der Waals surface area contributed by atoms with E-state index in [4.69, 9.17) is 11.6 Å². The van der Waals surface area contributed by atoms with Crippen molar-refractivity contribution in [3.8, 4) is 0 Å². The third-order valence-corrected chi connectivity index (χ3v) is 5.94. The molecule has 0 unspecified atom stereocenters. The lowest BCUT2D eigenvalue weighted by Crippen LogP contribution is -2.47. The summed E-state index contributed by atoms with van der Waals surface area (Å²) >= 11 is 5.19. The summed E-state index contributed by atoms with van der Waals surface area (Å²) in [5.41, 5.74) is 1.65. The standard InChI is InChI=1S/C18H20ClF2NO2S/c1-13-8-10-16(11-9-13)25(23,24)12-17(18(19,20)21)22-14(2)15-6-4-3-5-7-15/h3-11,14,17,22H,12H2,1-2H3/t14-,17+/m0/s1. The van der Waals surface area contributed by atoms with Crippen LogP contribution in [0, 0.1) is 6.92 Å². The van der Waals surface area contributed by atoms with Gasteiger partial charge in [-0.3, -0.25) is 0 Å². The number of halogens is 3. The van der Waals surface area contributed by atoms with Crippen molar-refractivity contribution >= 4 is 21.4 Å². The van der Waals surface area contributed by atoms with Gasteiger partial charge in [0.15, 0.2) is 9.84 Å². The van der Waals surface area contributed by atoms with Gasteiger partial charge in [-0.1, -0.05) is 48.0 Å². The molecule has 0 spiro atoms. The molecule has 0 aliphatic carbocycles. The Morgan fingerprint density at radius 3 is 2.16 bits per heavy atom. The molecule has 136 valence electrons. The van der Waals surface area contributed by atoms with Gasteiger partial charge in [-0.2, -0.15) is 8.78 Å². The highest BCUT2D eigenvalue weighted by atomic mass is 35.5. The van der Waals surface area contributed by atoms with Crippen LogP contribution in [0.3, 0.4) is 0 Å². The Hall–Kier alpha value is -1.50. The van der Waals surface area contributed by atoms with E-state index in [0.717, 1.165) is 11.1 Å². The molecule has 2 atom stereocenters. The number of rotatable bonds is 7. The lowest BCUT2D eigenvalue weighted by atomic mass is 10.1. The summed E-state index contributed by atoms with van der Waals surface area (Å²) in [5, 5.41) is -1.06. The number of benzene rings is 2. The summed E-state index contributed by atoms with van der Waals surface area (Å²) in [6.07, 6.45) is 0. The fraction of sp³-hybridized carbons (Fsp3) is 0.333. The highest BCUT2D eigenvalue weighted by molar-refractivity contribution is 7.91. The van der Waals surface area contributed by atoms with Crippen molar-refractivity contribution in [2.45, 2.75) is 36.2 Å². The second-order valence-electron chi connectivity index (χ2n) is 5.99. The predicted octanol–water partition coefficient (Wildman–Crippen LogP) is 4.32. The Labute approximate surface area is 151 Å². The summed E-state index contributed by atoms with van der Waals surface area (Å²) in [7, 11) is -3.91. The van der Waals surface area contributed by atoms with Gasteiger partial charge in [0.1, 0.15) is 6.04 Å². The van der Waals surface area contributed by atoms with Crippen LogP contribution in [0.2, 0.25) is 0 Å². The van der Waals surface area contributed by atoms with Gasteiger partial charge >= 0.3 is 5.38 Å². The van der Waals surface area contributed by atoms with E-state index in [2.05, 4.69) is 5.32 Å². The van der Waals surface area contributed by atoms with Crippen LogP contribution in [0.5, 0.6) is 0 Å². The maximum atomic E-state index is 13.8. The van der Waals surface area contributed by atoms with E-state index in [1.165, 1.54) is 12.1 Å². The molecule has 2 aromatic carbocycles. The SMILES string of the molecule is Cc1ccc(S(=O)(=O)C[C@@H](N[C@@H](C)c2ccccc2)C(F)(F)Cl)cc1. The van der Waals surface area contributed by atoms with Gasteiger partial charge in [0.05, 0.1) is 10.6 Å². The Bertz CT molecular complexity index is 790. The molecule has 0 saturated heterocycles. The highest BCUT2D eigenvalue weighted by Crippen LogP contribution is 2.28. The van der Waals surface area contributed by atoms with Crippen LogP contribution in [0.25, 0.3) is 0 Å². The zero-order valence-corrected chi connectivity index (χ0v) is 15.5. The van der Waals surface area contributed by atoms with Gasteiger partial charge in [0.25, 0.3) is 0 Å². The molecule has 1 N–H and O–H groups in total. The quantitative estimate of drug-likeness (QED) is 0.720.